The van der Waals surface area contributed by atoms with Gasteiger partial charge in [-0.3, -0.25) is 9.48 Å². The Morgan fingerprint density at radius 2 is 1.88 bits per heavy atom. The van der Waals surface area contributed by atoms with E-state index in [1.165, 1.54) is 0 Å². The molecular formula is C19H19BrN4O. The first-order chi connectivity index (χ1) is 12.0. The molecule has 0 atom stereocenters. The van der Waals surface area contributed by atoms with Crippen molar-refractivity contribution in [1.29, 1.82) is 0 Å². The number of hydrogen-bond donors (Lipinski definition) is 1. The molecule has 0 bridgehead atoms. The van der Waals surface area contributed by atoms with E-state index in [1.807, 2.05) is 61.9 Å². The average Bonchev–Trinajstić information content (AvgIpc) is 2.84. The fraction of sp³-hybridized carbons (Fsp3) is 0.211. The summed E-state index contributed by atoms with van der Waals surface area (Å²) >= 11 is 3.54. The number of amides is 1. The minimum absolute atomic E-state index is 0.165. The fourth-order valence-electron chi connectivity index (χ4n) is 2.56. The quantitative estimate of drug-likeness (QED) is 0.713. The van der Waals surface area contributed by atoms with Gasteiger partial charge in [-0.1, -0.05) is 18.2 Å². The predicted molar refractivity (Wildman–Crippen MR) is 102 cm³/mol. The Hall–Kier alpha value is -2.47. The van der Waals surface area contributed by atoms with Crippen molar-refractivity contribution >= 4 is 27.7 Å². The number of carbonyl (C=O) groups is 1. The number of benzene rings is 1. The first kappa shape index (κ1) is 17.4. The highest BCUT2D eigenvalue weighted by molar-refractivity contribution is 9.10. The number of rotatable bonds is 4. The molecule has 3 rings (SSSR count). The molecule has 5 nitrogen and oxygen atoms in total. The summed E-state index contributed by atoms with van der Waals surface area (Å²) in [6, 6.07) is 11.3. The van der Waals surface area contributed by atoms with Crippen LogP contribution in [0, 0.1) is 20.8 Å². The Balaban J connectivity index is 1.72. The number of pyridine rings is 1. The van der Waals surface area contributed by atoms with Crippen LogP contribution in [0.15, 0.2) is 47.1 Å². The van der Waals surface area contributed by atoms with E-state index in [4.69, 9.17) is 0 Å². The zero-order valence-corrected chi connectivity index (χ0v) is 16.0. The van der Waals surface area contributed by atoms with Crippen molar-refractivity contribution in [3.8, 4) is 0 Å². The Morgan fingerprint density at radius 3 is 2.48 bits per heavy atom. The summed E-state index contributed by atoms with van der Waals surface area (Å²) in [4.78, 5) is 16.6. The highest BCUT2D eigenvalue weighted by Gasteiger charge is 2.11. The van der Waals surface area contributed by atoms with E-state index in [0.29, 0.717) is 17.9 Å². The average molecular weight is 399 g/mol. The van der Waals surface area contributed by atoms with Gasteiger partial charge in [-0.25, -0.2) is 4.98 Å². The van der Waals surface area contributed by atoms with Crippen LogP contribution >= 0.6 is 15.9 Å². The van der Waals surface area contributed by atoms with Crippen LogP contribution in [0.1, 0.15) is 32.9 Å². The van der Waals surface area contributed by atoms with E-state index in [-0.39, 0.29) is 5.91 Å². The normalized spacial score (nSPS) is 10.7. The van der Waals surface area contributed by atoms with Crippen molar-refractivity contribution in [1.82, 2.24) is 14.8 Å². The van der Waals surface area contributed by atoms with Crippen molar-refractivity contribution in [3.63, 3.8) is 0 Å². The molecule has 0 saturated carbocycles. The molecular weight excluding hydrogens is 380 g/mol. The summed E-state index contributed by atoms with van der Waals surface area (Å²) in [6.07, 6.45) is 1.66. The van der Waals surface area contributed by atoms with E-state index < -0.39 is 0 Å². The van der Waals surface area contributed by atoms with Crippen LogP contribution in [0.5, 0.6) is 0 Å². The van der Waals surface area contributed by atoms with Gasteiger partial charge in [0.2, 0.25) is 0 Å². The molecule has 128 valence electrons. The second-order valence-electron chi connectivity index (χ2n) is 5.96. The fourth-order valence-corrected chi connectivity index (χ4v) is 2.84. The van der Waals surface area contributed by atoms with Crippen LogP contribution in [0.25, 0.3) is 0 Å². The van der Waals surface area contributed by atoms with Crippen molar-refractivity contribution < 1.29 is 4.79 Å². The van der Waals surface area contributed by atoms with Gasteiger partial charge in [-0.05, 0) is 66.0 Å². The van der Waals surface area contributed by atoms with Gasteiger partial charge < -0.3 is 5.32 Å². The third-order valence-corrected chi connectivity index (χ3v) is 5.23. The van der Waals surface area contributed by atoms with Crippen LogP contribution < -0.4 is 5.32 Å². The summed E-state index contributed by atoms with van der Waals surface area (Å²) < 4.78 is 2.99. The molecule has 0 unspecified atom stereocenters. The molecule has 3 aromatic rings. The number of aryl methyl sites for hydroxylation is 2. The zero-order chi connectivity index (χ0) is 18.0. The second-order valence-corrected chi connectivity index (χ2v) is 6.76. The molecule has 6 heteroatoms. The number of anilines is 1. The molecule has 0 spiro atoms. The van der Waals surface area contributed by atoms with Gasteiger partial charge in [0.1, 0.15) is 5.82 Å². The van der Waals surface area contributed by atoms with Crippen LogP contribution in [0.4, 0.5) is 5.82 Å². The van der Waals surface area contributed by atoms with Crippen LogP contribution in [0.3, 0.4) is 0 Å². The lowest BCUT2D eigenvalue weighted by Crippen LogP contribution is -2.14. The van der Waals surface area contributed by atoms with Gasteiger partial charge in [0, 0.05) is 11.8 Å². The summed E-state index contributed by atoms with van der Waals surface area (Å²) in [5.74, 6) is 0.422. The third kappa shape index (κ3) is 3.79. The smallest absolute Gasteiger partial charge is 0.256 e. The molecule has 25 heavy (non-hydrogen) atoms. The van der Waals surface area contributed by atoms with Crippen LogP contribution in [-0.2, 0) is 6.54 Å². The maximum Gasteiger partial charge on any atom is 0.256 e. The maximum absolute atomic E-state index is 12.4. The summed E-state index contributed by atoms with van der Waals surface area (Å²) in [5.41, 5.74) is 4.68. The lowest BCUT2D eigenvalue weighted by Gasteiger charge is -2.08. The first-order valence-electron chi connectivity index (χ1n) is 7.97. The minimum Gasteiger partial charge on any atom is -0.306 e. The predicted octanol–water partition coefficient (Wildman–Crippen LogP) is 4.27. The van der Waals surface area contributed by atoms with Gasteiger partial charge in [-0.15, -0.1) is 0 Å². The van der Waals surface area contributed by atoms with E-state index in [9.17, 15) is 4.79 Å². The number of halogens is 1. The molecule has 0 aliphatic rings. The van der Waals surface area contributed by atoms with Crippen molar-refractivity contribution in [2.24, 2.45) is 0 Å². The topological polar surface area (TPSA) is 59.8 Å². The molecule has 0 radical (unpaired) electrons. The number of nitrogens with zero attached hydrogens (tertiary/aromatic N) is 3. The largest absolute Gasteiger partial charge is 0.306 e. The number of aromatic nitrogens is 3. The lowest BCUT2D eigenvalue weighted by atomic mass is 10.1. The zero-order valence-electron chi connectivity index (χ0n) is 14.4. The molecule has 0 saturated heterocycles. The van der Waals surface area contributed by atoms with E-state index in [1.54, 1.807) is 6.20 Å². The van der Waals surface area contributed by atoms with E-state index >= 15 is 0 Å². The third-order valence-electron chi connectivity index (χ3n) is 4.08. The maximum atomic E-state index is 12.4. The van der Waals surface area contributed by atoms with Crippen LogP contribution in [0.2, 0.25) is 0 Å². The number of nitrogens with one attached hydrogen (secondary N) is 1. The van der Waals surface area contributed by atoms with Crippen LogP contribution in [-0.4, -0.2) is 20.7 Å². The summed E-state index contributed by atoms with van der Waals surface area (Å²) in [6.45, 7) is 6.58. The standard InChI is InChI=1S/C19H19BrN4O/c1-12-5-4-10-21-18(12)22-19(25)16-8-6-15(7-9-16)11-24-14(3)17(20)13(2)23-24/h4-10H,11H2,1-3H3,(H,21,22,25). The van der Waals surface area contributed by atoms with Gasteiger partial charge >= 0.3 is 0 Å². The number of carbonyl (C=O) groups excluding carboxylic acids is 1. The number of hydrogen-bond acceptors (Lipinski definition) is 3. The van der Waals surface area contributed by atoms with Crippen molar-refractivity contribution in [2.75, 3.05) is 5.32 Å². The summed E-state index contributed by atoms with van der Waals surface area (Å²) in [7, 11) is 0. The second kappa shape index (κ2) is 7.19. The Morgan fingerprint density at radius 1 is 1.16 bits per heavy atom. The van der Waals surface area contributed by atoms with Gasteiger partial charge in [-0.2, -0.15) is 5.10 Å². The molecule has 0 fully saturated rings. The Bertz CT molecular complexity index is 916. The Labute approximate surface area is 155 Å². The lowest BCUT2D eigenvalue weighted by molar-refractivity contribution is 0.102. The molecule has 0 aliphatic heterocycles. The SMILES string of the molecule is Cc1cccnc1NC(=O)c1ccc(Cn2nc(C)c(Br)c2C)cc1. The molecule has 1 amide bonds. The highest BCUT2D eigenvalue weighted by Crippen LogP contribution is 2.21. The van der Waals surface area contributed by atoms with Crippen molar-refractivity contribution in [2.45, 2.75) is 27.3 Å². The van der Waals surface area contributed by atoms with Gasteiger partial charge in [0.05, 0.1) is 22.4 Å². The first-order valence-corrected chi connectivity index (χ1v) is 8.76. The monoisotopic (exact) mass is 398 g/mol. The highest BCUT2D eigenvalue weighted by atomic mass is 79.9. The minimum atomic E-state index is -0.165. The van der Waals surface area contributed by atoms with Gasteiger partial charge in [0.25, 0.3) is 5.91 Å². The van der Waals surface area contributed by atoms with Crippen molar-refractivity contribution in [3.05, 3.63) is 75.1 Å². The molecule has 2 aromatic heterocycles. The molecule has 2 heterocycles. The van der Waals surface area contributed by atoms with E-state index in [2.05, 4.69) is 31.3 Å². The molecule has 1 aromatic carbocycles. The molecule has 1 N–H and O–H groups in total. The molecule has 0 aliphatic carbocycles. The van der Waals surface area contributed by atoms with E-state index in [0.717, 1.165) is 27.0 Å². The van der Waals surface area contributed by atoms with Gasteiger partial charge in [0.15, 0.2) is 0 Å². The summed E-state index contributed by atoms with van der Waals surface area (Å²) in [5, 5.41) is 7.35. The Kier molecular flexibility index (Phi) is 4.99.